The van der Waals surface area contributed by atoms with Crippen LogP contribution < -0.4 is 0 Å². The molecular formula is C14H28N2O2. The molecule has 0 saturated carbocycles. The number of piperazine rings is 1. The first kappa shape index (κ1) is 15.5. The van der Waals surface area contributed by atoms with E-state index >= 15 is 0 Å². The van der Waals surface area contributed by atoms with E-state index in [9.17, 15) is 0 Å². The molecule has 0 spiro atoms. The summed E-state index contributed by atoms with van der Waals surface area (Å²) < 4.78 is 10.4. The first-order valence-corrected chi connectivity index (χ1v) is 6.69. The molecule has 18 heavy (non-hydrogen) atoms. The SMILES string of the molecule is C=C1CN(C(C)(C)C)CCN1CCOCCOC. The fraction of sp³-hybridized carbons (Fsp3) is 0.857. The van der Waals surface area contributed by atoms with E-state index in [0.717, 1.165) is 32.8 Å². The second-order valence-corrected chi connectivity index (χ2v) is 5.75. The lowest BCUT2D eigenvalue weighted by molar-refractivity contribution is 0.0459. The summed E-state index contributed by atoms with van der Waals surface area (Å²) >= 11 is 0. The van der Waals surface area contributed by atoms with Crippen molar-refractivity contribution in [1.29, 1.82) is 0 Å². The maximum Gasteiger partial charge on any atom is 0.0701 e. The smallest absolute Gasteiger partial charge is 0.0701 e. The Morgan fingerprint density at radius 2 is 1.89 bits per heavy atom. The van der Waals surface area contributed by atoms with Crippen LogP contribution in [0.25, 0.3) is 0 Å². The number of methoxy groups -OCH3 is 1. The van der Waals surface area contributed by atoms with Gasteiger partial charge in [-0.2, -0.15) is 0 Å². The lowest BCUT2D eigenvalue weighted by Crippen LogP contribution is -2.52. The van der Waals surface area contributed by atoms with Gasteiger partial charge < -0.3 is 14.4 Å². The fourth-order valence-electron chi connectivity index (χ4n) is 2.06. The highest BCUT2D eigenvalue weighted by Crippen LogP contribution is 2.20. The molecule has 0 aromatic rings. The largest absolute Gasteiger partial charge is 0.382 e. The molecule has 0 aromatic carbocycles. The molecule has 0 atom stereocenters. The van der Waals surface area contributed by atoms with Gasteiger partial charge in [0.25, 0.3) is 0 Å². The molecule has 1 rings (SSSR count). The zero-order valence-electron chi connectivity index (χ0n) is 12.4. The summed E-state index contributed by atoms with van der Waals surface area (Å²) in [5.41, 5.74) is 1.43. The van der Waals surface area contributed by atoms with Crippen molar-refractivity contribution < 1.29 is 9.47 Å². The summed E-state index contributed by atoms with van der Waals surface area (Å²) in [5.74, 6) is 0. The van der Waals surface area contributed by atoms with Crippen molar-refractivity contribution >= 4 is 0 Å². The van der Waals surface area contributed by atoms with Gasteiger partial charge in [0.05, 0.1) is 19.8 Å². The van der Waals surface area contributed by atoms with Crippen LogP contribution in [0.1, 0.15) is 20.8 Å². The Labute approximate surface area is 112 Å². The molecule has 0 amide bonds. The molecule has 0 aliphatic carbocycles. The van der Waals surface area contributed by atoms with Crippen LogP contribution >= 0.6 is 0 Å². The highest BCUT2D eigenvalue weighted by Gasteiger charge is 2.27. The van der Waals surface area contributed by atoms with Crippen LogP contribution in [0.4, 0.5) is 0 Å². The van der Waals surface area contributed by atoms with Crippen molar-refractivity contribution in [1.82, 2.24) is 9.80 Å². The predicted octanol–water partition coefficient (Wildman–Crippen LogP) is 1.58. The summed E-state index contributed by atoms with van der Waals surface area (Å²) in [4.78, 5) is 4.80. The molecule has 0 unspecified atom stereocenters. The number of hydrogen-bond acceptors (Lipinski definition) is 4. The van der Waals surface area contributed by atoms with Crippen molar-refractivity contribution in [2.24, 2.45) is 0 Å². The second kappa shape index (κ2) is 7.12. The van der Waals surface area contributed by atoms with Crippen LogP contribution in [0.15, 0.2) is 12.3 Å². The average Bonchev–Trinajstić information content (AvgIpc) is 2.29. The van der Waals surface area contributed by atoms with E-state index < -0.39 is 0 Å². The van der Waals surface area contributed by atoms with Crippen LogP contribution in [-0.4, -0.2) is 68.4 Å². The Balaban J connectivity index is 2.24. The Bertz CT molecular complexity index is 261. The Morgan fingerprint density at radius 3 is 2.44 bits per heavy atom. The normalized spacial score (nSPS) is 18.4. The van der Waals surface area contributed by atoms with E-state index in [1.165, 1.54) is 5.70 Å². The summed E-state index contributed by atoms with van der Waals surface area (Å²) in [7, 11) is 1.69. The molecule has 0 bridgehead atoms. The van der Waals surface area contributed by atoms with Crippen molar-refractivity contribution in [2.75, 3.05) is 53.1 Å². The number of ether oxygens (including phenoxy) is 2. The van der Waals surface area contributed by atoms with Crippen LogP contribution in [0.3, 0.4) is 0 Å². The molecule has 1 fully saturated rings. The van der Waals surface area contributed by atoms with E-state index in [4.69, 9.17) is 9.47 Å². The van der Waals surface area contributed by atoms with E-state index in [0.29, 0.717) is 13.2 Å². The Kier molecular flexibility index (Phi) is 6.12. The van der Waals surface area contributed by atoms with Gasteiger partial charge in [-0.3, -0.25) is 4.90 Å². The van der Waals surface area contributed by atoms with Crippen molar-refractivity contribution in [3.63, 3.8) is 0 Å². The summed E-state index contributed by atoms with van der Waals surface area (Å²) in [6, 6.07) is 0. The van der Waals surface area contributed by atoms with E-state index in [1.54, 1.807) is 7.11 Å². The highest BCUT2D eigenvalue weighted by atomic mass is 16.5. The quantitative estimate of drug-likeness (QED) is 0.674. The first-order valence-electron chi connectivity index (χ1n) is 6.69. The molecule has 0 N–H and O–H groups in total. The molecule has 4 heteroatoms. The molecule has 1 aliphatic heterocycles. The summed E-state index contributed by atoms with van der Waals surface area (Å²) in [6.07, 6.45) is 0. The summed E-state index contributed by atoms with van der Waals surface area (Å²) in [5, 5.41) is 0. The minimum absolute atomic E-state index is 0.226. The van der Waals surface area contributed by atoms with Crippen molar-refractivity contribution in [2.45, 2.75) is 26.3 Å². The molecule has 4 nitrogen and oxygen atoms in total. The third-order valence-electron chi connectivity index (χ3n) is 3.35. The van der Waals surface area contributed by atoms with Crippen molar-refractivity contribution in [3.8, 4) is 0 Å². The van der Waals surface area contributed by atoms with Gasteiger partial charge in [0.1, 0.15) is 0 Å². The van der Waals surface area contributed by atoms with Gasteiger partial charge in [0.15, 0.2) is 0 Å². The number of nitrogens with zero attached hydrogens (tertiary/aromatic N) is 2. The van der Waals surface area contributed by atoms with E-state index in [2.05, 4.69) is 37.1 Å². The molecule has 0 radical (unpaired) electrons. The minimum atomic E-state index is 0.226. The monoisotopic (exact) mass is 256 g/mol. The number of hydrogen-bond donors (Lipinski definition) is 0. The van der Waals surface area contributed by atoms with Crippen LogP contribution in [0.5, 0.6) is 0 Å². The first-order chi connectivity index (χ1) is 8.45. The highest BCUT2D eigenvalue weighted by molar-refractivity contribution is 5.03. The maximum absolute atomic E-state index is 5.50. The molecule has 1 heterocycles. The van der Waals surface area contributed by atoms with Gasteiger partial charge in [0, 0.05) is 44.5 Å². The lowest BCUT2D eigenvalue weighted by atomic mass is 10.0. The zero-order chi connectivity index (χ0) is 13.6. The third-order valence-corrected chi connectivity index (χ3v) is 3.35. The van der Waals surface area contributed by atoms with Gasteiger partial charge in [0.2, 0.25) is 0 Å². The Morgan fingerprint density at radius 1 is 1.17 bits per heavy atom. The maximum atomic E-state index is 5.50. The van der Waals surface area contributed by atoms with Crippen LogP contribution in [0.2, 0.25) is 0 Å². The fourth-order valence-corrected chi connectivity index (χ4v) is 2.06. The summed E-state index contributed by atoms with van der Waals surface area (Å²) in [6.45, 7) is 17.1. The zero-order valence-corrected chi connectivity index (χ0v) is 12.4. The molecule has 1 saturated heterocycles. The van der Waals surface area contributed by atoms with Crippen molar-refractivity contribution in [3.05, 3.63) is 12.3 Å². The van der Waals surface area contributed by atoms with Crippen LogP contribution in [-0.2, 0) is 9.47 Å². The molecular weight excluding hydrogens is 228 g/mol. The van der Waals surface area contributed by atoms with E-state index in [-0.39, 0.29) is 5.54 Å². The lowest BCUT2D eigenvalue weighted by Gasteiger charge is -2.44. The van der Waals surface area contributed by atoms with Gasteiger partial charge in [-0.25, -0.2) is 0 Å². The van der Waals surface area contributed by atoms with Gasteiger partial charge in [-0.05, 0) is 20.8 Å². The van der Waals surface area contributed by atoms with Crippen LogP contribution in [0, 0.1) is 0 Å². The van der Waals surface area contributed by atoms with Gasteiger partial charge in [-0.1, -0.05) is 6.58 Å². The Hall–Kier alpha value is -0.580. The predicted molar refractivity (Wildman–Crippen MR) is 74.7 cm³/mol. The molecule has 106 valence electrons. The molecule has 1 aliphatic rings. The van der Waals surface area contributed by atoms with E-state index in [1.807, 2.05) is 0 Å². The average molecular weight is 256 g/mol. The molecule has 0 aromatic heterocycles. The number of rotatable bonds is 6. The second-order valence-electron chi connectivity index (χ2n) is 5.75. The topological polar surface area (TPSA) is 24.9 Å². The standard InChI is InChI=1S/C14H28N2O2/c1-13-12-16(14(2,3)4)7-6-15(13)8-9-18-11-10-17-5/h1,6-12H2,2-5H3. The third kappa shape index (κ3) is 4.96. The minimum Gasteiger partial charge on any atom is -0.382 e. The van der Waals surface area contributed by atoms with Gasteiger partial charge >= 0.3 is 0 Å². The van der Waals surface area contributed by atoms with Gasteiger partial charge in [-0.15, -0.1) is 0 Å².